The fraction of sp³-hybridized carbons (Fsp3) is 0.625. The molecule has 0 fully saturated rings. The van der Waals surface area contributed by atoms with E-state index in [2.05, 4.69) is 12.2 Å². The van der Waals surface area contributed by atoms with Crippen molar-refractivity contribution >= 4 is 0 Å². The van der Waals surface area contributed by atoms with Crippen LogP contribution in [0.15, 0.2) is 24.3 Å². The second-order valence-corrected chi connectivity index (χ2v) is 5.05. The highest BCUT2D eigenvalue weighted by molar-refractivity contribution is 5.25. The molecule has 5 heteroatoms. The van der Waals surface area contributed by atoms with Gasteiger partial charge in [-0.15, -0.1) is 0 Å². The summed E-state index contributed by atoms with van der Waals surface area (Å²) in [4.78, 5) is 0. The highest BCUT2D eigenvalue weighted by Crippen LogP contribution is 2.29. The first-order valence-corrected chi connectivity index (χ1v) is 7.44. The normalized spacial score (nSPS) is 13.4. The molecule has 1 atom stereocenters. The summed E-state index contributed by atoms with van der Waals surface area (Å²) in [6.07, 6.45) is -1.71. The van der Waals surface area contributed by atoms with E-state index in [1.54, 1.807) is 12.1 Å². The number of hydrogen-bond acceptors (Lipinski definition) is 2. The van der Waals surface area contributed by atoms with Crippen LogP contribution in [0.2, 0.25) is 0 Å². The summed E-state index contributed by atoms with van der Waals surface area (Å²) in [5.41, 5.74) is 0.307. The van der Waals surface area contributed by atoms with E-state index < -0.39 is 11.7 Å². The predicted molar refractivity (Wildman–Crippen MR) is 78.3 cm³/mol. The molecule has 2 nitrogen and oxygen atoms in total. The molecule has 0 amide bonds. The Balaban J connectivity index is 2.54. The maximum Gasteiger partial charge on any atom is 0.416 e. The summed E-state index contributed by atoms with van der Waals surface area (Å²) in [5, 5.41) is 3.35. The van der Waals surface area contributed by atoms with Crippen LogP contribution in [0.5, 0.6) is 0 Å². The van der Waals surface area contributed by atoms with Gasteiger partial charge in [-0.25, -0.2) is 0 Å². The molecule has 0 heterocycles. The van der Waals surface area contributed by atoms with Gasteiger partial charge in [-0.3, -0.25) is 0 Å². The van der Waals surface area contributed by atoms with Crippen molar-refractivity contribution in [2.75, 3.05) is 19.8 Å². The van der Waals surface area contributed by atoms with Crippen LogP contribution in [0.1, 0.15) is 37.8 Å². The highest BCUT2D eigenvalue weighted by atomic mass is 19.4. The molecule has 0 saturated heterocycles. The van der Waals surface area contributed by atoms with Crippen LogP contribution < -0.4 is 5.32 Å². The van der Waals surface area contributed by atoms with Gasteiger partial charge < -0.3 is 10.1 Å². The third kappa shape index (κ3) is 6.96. The summed E-state index contributed by atoms with van der Waals surface area (Å²) in [6, 6.07) is 5.63. The number of ether oxygens (including phenoxy) is 1. The first kappa shape index (κ1) is 18.0. The zero-order chi connectivity index (χ0) is 15.7. The van der Waals surface area contributed by atoms with Crippen molar-refractivity contribution in [2.24, 2.45) is 0 Å². The molecule has 0 saturated carbocycles. The number of halogens is 3. The van der Waals surface area contributed by atoms with Crippen molar-refractivity contribution in [1.29, 1.82) is 0 Å². The average Bonchev–Trinajstić information content (AvgIpc) is 2.43. The van der Waals surface area contributed by atoms with Crippen LogP contribution in [0.3, 0.4) is 0 Å². The van der Waals surface area contributed by atoms with Crippen molar-refractivity contribution in [3.8, 4) is 0 Å². The molecule has 120 valence electrons. The van der Waals surface area contributed by atoms with E-state index in [1.165, 1.54) is 0 Å². The number of rotatable bonds is 9. The Morgan fingerprint density at radius 2 is 1.76 bits per heavy atom. The van der Waals surface area contributed by atoms with E-state index in [9.17, 15) is 13.2 Å². The Hall–Kier alpha value is -1.07. The lowest BCUT2D eigenvalue weighted by atomic mass is 10.0. The van der Waals surface area contributed by atoms with Gasteiger partial charge in [-0.1, -0.05) is 26.0 Å². The average molecular weight is 303 g/mol. The van der Waals surface area contributed by atoms with E-state index >= 15 is 0 Å². The second-order valence-electron chi connectivity index (χ2n) is 5.05. The molecular formula is C16H24F3NO. The summed E-state index contributed by atoms with van der Waals surface area (Å²) in [5.74, 6) is 0. The van der Waals surface area contributed by atoms with Crippen LogP contribution in [-0.2, 0) is 17.3 Å². The van der Waals surface area contributed by atoms with Gasteiger partial charge >= 0.3 is 6.18 Å². The Kier molecular flexibility index (Phi) is 7.75. The molecule has 0 aliphatic heterocycles. The number of nitrogens with one attached hydrogen (secondary N) is 1. The Morgan fingerprint density at radius 3 is 2.29 bits per heavy atom. The summed E-state index contributed by atoms with van der Waals surface area (Å²) >= 11 is 0. The van der Waals surface area contributed by atoms with Crippen molar-refractivity contribution in [3.63, 3.8) is 0 Å². The van der Waals surface area contributed by atoms with Crippen LogP contribution in [0.4, 0.5) is 13.2 Å². The second kappa shape index (κ2) is 9.05. The fourth-order valence-corrected chi connectivity index (χ4v) is 2.15. The smallest absolute Gasteiger partial charge is 0.381 e. The molecule has 1 aromatic rings. The van der Waals surface area contributed by atoms with Crippen molar-refractivity contribution in [1.82, 2.24) is 5.32 Å². The topological polar surface area (TPSA) is 21.3 Å². The van der Waals surface area contributed by atoms with Crippen LogP contribution >= 0.6 is 0 Å². The molecule has 0 bridgehead atoms. The van der Waals surface area contributed by atoms with Gasteiger partial charge in [-0.2, -0.15) is 13.2 Å². The largest absolute Gasteiger partial charge is 0.416 e. The van der Waals surface area contributed by atoms with Gasteiger partial charge in [0.05, 0.1) is 5.56 Å². The zero-order valence-corrected chi connectivity index (χ0v) is 12.7. The van der Waals surface area contributed by atoms with Gasteiger partial charge in [0.2, 0.25) is 0 Å². The molecule has 0 spiro atoms. The standard InChI is InChI=1S/C16H24F3NO/c1-3-10-21-11-9-15(20-4-2)12-13-5-7-14(8-6-13)16(17,18)19/h5-8,15,20H,3-4,9-12H2,1-2H3. The molecule has 0 aromatic heterocycles. The van der Waals surface area contributed by atoms with Gasteiger partial charge in [0.25, 0.3) is 0 Å². The van der Waals surface area contributed by atoms with Gasteiger partial charge in [0.1, 0.15) is 0 Å². The van der Waals surface area contributed by atoms with Crippen LogP contribution in [-0.4, -0.2) is 25.8 Å². The molecule has 0 radical (unpaired) electrons. The Bertz CT molecular complexity index is 390. The lowest BCUT2D eigenvalue weighted by Crippen LogP contribution is -2.32. The van der Waals surface area contributed by atoms with E-state index in [0.29, 0.717) is 13.0 Å². The number of alkyl halides is 3. The Labute approximate surface area is 124 Å². The minimum absolute atomic E-state index is 0.226. The molecule has 1 rings (SSSR count). The molecular weight excluding hydrogens is 279 g/mol. The van der Waals surface area contributed by atoms with Crippen molar-refractivity contribution in [2.45, 2.75) is 45.3 Å². The lowest BCUT2D eigenvalue weighted by molar-refractivity contribution is -0.137. The summed E-state index contributed by atoms with van der Waals surface area (Å²) in [7, 11) is 0. The first-order chi connectivity index (χ1) is 9.97. The van der Waals surface area contributed by atoms with Gasteiger partial charge in [0.15, 0.2) is 0 Å². The lowest BCUT2D eigenvalue weighted by Gasteiger charge is -2.18. The first-order valence-electron chi connectivity index (χ1n) is 7.44. The molecule has 21 heavy (non-hydrogen) atoms. The quantitative estimate of drug-likeness (QED) is 0.695. The van der Waals surface area contributed by atoms with Gasteiger partial charge in [-0.05, 0) is 43.5 Å². The minimum atomic E-state index is -4.27. The highest BCUT2D eigenvalue weighted by Gasteiger charge is 2.29. The van der Waals surface area contributed by atoms with E-state index in [0.717, 1.165) is 43.7 Å². The zero-order valence-electron chi connectivity index (χ0n) is 12.7. The molecule has 1 N–H and O–H groups in total. The van der Waals surface area contributed by atoms with Crippen LogP contribution in [0, 0.1) is 0 Å². The maximum absolute atomic E-state index is 12.5. The number of hydrogen-bond donors (Lipinski definition) is 1. The molecule has 1 unspecified atom stereocenters. The van der Waals surface area contributed by atoms with E-state index in [4.69, 9.17) is 4.74 Å². The number of benzene rings is 1. The van der Waals surface area contributed by atoms with E-state index in [-0.39, 0.29) is 6.04 Å². The third-order valence-corrected chi connectivity index (χ3v) is 3.22. The monoisotopic (exact) mass is 303 g/mol. The third-order valence-electron chi connectivity index (χ3n) is 3.22. The summed E-state index contributed by atoms with van der Waals surface area (Å²) < 4.78 is 43.0. The van der Waals surface area contributed by atoms with Crippen molar-refractivity contribution in [3.05, 3.63) is 35.4 Å². The molecule has 0 aliphatic carbocycles. The predicted octanol–water partition coefficient (Wildman–Crippen LogP) is 4.04. The molecule has 0 aliphatic rings. The Morgan fingerprint density at radius 1 is 1.10 bits per heavy atom. The fourth-order valence-electron chi connectivity index (χ4n) is 2.15. The van der Waals surface area contributed by atoms with E-state index in [1.807, 2.05) is 6.92 Å². The van der Waals surface area contributed by atoms with Gasteiger partial charge in [0, 0.05) is 19.3 Å². The molecule has 1 aromatic carbocycles. The SMILES string of the molecule is CCCOCCC(Cc1ccc(C(F)(F)F)cc1)NCC. The maximum atomic E-state index is 12.5. The minimum Gasteiger partial charge on any atom is -0.381 e. The van der Waals surface area contributed by atoms with Crippen LogP contribution in [0.25, 0.3) is 0 Å². The van der Waals surface area contributed by atoms with Crippen molar-refractivity contribution < 1.29 is 17.9 Å². The summed E-state index contributed by atoms with van der Waals surface area (Å²) in [6.45, 7) is 6.33. The number of likely N-dealkylation sites (N-methyl/N-ethyl adjacent to an activating group) is 1.